The zero-order valence-electron chi connectivity index (χ0n) is 22.8. The van der Waals surface area contributed by atoms with Crippen molar-refractivity contribution in [1.82, 2.24) is 19.8 Å². The summed E-state index contributed by atoms with van der Waals surface area (Å²) < 4.78 is 27.2. The smallest absolute Gasteiger partial charge is 0.327 e. The van der Waals surface area contributed by atoms with Crippen LogP contribution in [-0.2, 0) is 29.2 Å². The van der Waals surface area contributed by atoms with E-state index in [9.17, 15) is 32.7 Å². The lowest BCUT2D eigenvalue weighted by Crippen LogP contribution is -2.71. The van der Waals surface area contributed by atoms with E-state index < -0.39 is 68.0 Å². The summed E-state index contributed by atoms with van der Waals surface area (Å²) in [5.74, 6) is -2.88. The van der Waals surface area contributed by atoms with Crippen molar-refractivity contribution >= 4 is 45.5 Å². The molecule has 218 valence electrons. The molecule has 0 aromatic heterocycles. The van der Waals surface area contributed by atoms with Gasteiger partial charge in [-0.2, -0.15) is 4.31 Å². The Hall–Kier alpha value is -3.42. The van der Waals surface area contributed by atoms with Crippen LogP contribution >= 0.6 is 11.8 Å². The molecule has 2 aromatic carbocycles. The number of β-lactam (4-membered cyclic amide) rings is 1. The third kappa shape index (κ3) is 5.22. The molecular weight excluding hydrogens is 568 g/mol. The molecule has 0 spiro atoms. The Labute approximate surface area is 242 Å². The molecule has 5 rings (SSSR count). The normalized spacial score (nSPS) is 26.1. The number of fused-ring (bicyclic) bond motifs is 1. The third-order valence-corrected chi connectivity index (χ3v) is 11.3. The van der Waals surface area contributed by atoms with Crippen molar-refractivity contribution < 1.29 is 32.7 Å². The second-order valence-corrected chi connectivity index (χ2v) is 14.7. The largest absolute Gasteiger partial charge is 0.480 e. The van der Waals surface area contributed by atoms with Crippen LogP contribution in [0.1, 0.15) is 43.9 Å². The Morgan fingerprint density at radius 1 is 1.07 bits per heavy atom. The molecule has 3 heterocycles. The van der Waals surface area contributed by atoms with Crippen LogP contribution in [-0.4, -0.2) is 81.2 Å². The SMILES string of the molecule is Cc1ccc(S(=O)(=O)N2CCCC2C(=O)NC(C(=O)NC2C(=O)N3[C@@H]2SC(C)(C)[C@@H]3C(=O)O)c2ccccc2)cc1. The van der Waals surface area contributed by atoms with Crippen molar-refractivity contribution in [2.45, 2.75) is 72.8 Å². The van der Waals surface area contributed by atoms with E-state index in [1.54, 1.807) is 56.3 Å². The fraction of sp³-hybridized carbons (Fsp3) is 0.429. The van der Waals surface area contributed by atoms with Gasteiger partial charge >= 0.3 is 5.97 Å². The van der Waals surface area contributed by atoms with Gasteiger partial charge < -0.3 is 20.6 Å². The number of carbonyl (C=O) groups excluding carboxylic acids is 3. The Bertz CT molecular complexity index is 1480. The van der Waals surface area contributed by atoms with Gasteiger partial charge in [-0.05, 0) is 51.3 Å². The highest BCUT2D eigenvalue weighted by Crippen LogP contribution is 2.50. The summed E-state index contributed by atoms with van der Waals surface area (Å²) in [6.45, 7) is 5.50. The van der Waals surface area contributed by atoms with Crippen LogP contribution in [0.15, 0.2) is 59.5 Å². The predicted octanol–water partition coefficient (Wildman–Crippen LogP) is 1.64. The number of carboxylic acid groups (broad SMARTS) is 1. The first kappa shape index (κ1) is 29.1. The lowest BCUT2D eigenvalue weighted by Gasteiger charge is -2.44. The Morgan fingerprint density at radius 2 is 1.73 bits per heavy atom. The number of benzene rings is 2. The van der Waals surface area contributed by atoms with E-state index in [1.165, 1.54) is 33.1 Å². The molecule has 0 aliphatic carbocycles. The second-order valence-electron chi connectivity index (χ2n) is 11.0. The molecule has 3 fully saturated rings. The molecule has 3 unspecified atom stereocenters. The number of aliphatic carboxylic acids is 1. The van der Waals surface area contributed by atoms with E-state index in [2.05, 4.69) is 10.6 Å². The molecule has 5 atom stereocenters. The molecule has 2 aromatic rings. The molecule has 3 aliphatic heterocycles. The van der Waals surface area contributed by atoms with Gasteiger partial charge in [-0.1, -0.05) is 48.0 Å². The van der Waals surface area contributed by atoms with E-state index in [4.69, 9.17) is 0 Å². The van der Waals surface area contributed by atoms with Crippen LogP contribution in [0.3, 0.4) is 0 Å². The van der Waals surface area contributed by atoms with Crippen molar-refractivity contribution in [3.8, 4) is 0 Å². The monoisotopic (exact) mass is 600 g/mol. The van der Waals surface area contributed by atoms with Crippen LogP contribution < -0.4 is 10.6 Å². The highest BCUT2D eigenvalue weighted by molar-refractivity contribution is 8.01. The van der Waals surface area contributed by atoms with Gasteiger partial charge in [0.1, 0.15) is 29.5 Å². The minimum Gasteiger partial charge on any atom is -0.480 e. The number of aryl methyl sites for hydroxylation is 1. The van der Waals surface area contributed by atoms with E-state index >= 15 is 0 Å². The fourth-order valence-electron chi connectivity index (χ4n) is 5.70. The minimum absolute atomic E-state index is 0.0878. The van der Waals surface area contributed by atoms with Gasteiger partial charge in [0, 0.05) is 11.3 Å². The maximum Gasteiger partial charge on any atom is 0.327 e. The summed E-state index contributed by atoms with van der Waals surface area (Å²) in [5, 5.41) is 14.6. The minimum atomic E-state index is -3.95. The lowest BCUT2D eigenvalue weighted by atomic mass is 9.95. The number of carbonyl (C=O) groups is 4. The van der Waals surface area contributed by atoms with Crippen LogP contribution in [0.2, 0.25) is 0 Å². The molecule has 3 aliphatic rings. The number of thioether (sulfide) groups is 1. The zero-order valence-corrected chi connectivity index (χ0v) is 24.4. The van der Waals surface area contributed by atoms with Crippen LogP contribution in [0.25, 0.3) is 0 Å². The van der Waals surface area contributed by atoms with Gasteiger partial charge in [-0.3, -0.25) is 14.4 Å². The number of rotatable bonds is 8. The molecule has 0 bridgehead atoms. The van der Waals surface area contributed by atoms with Gasteiger partial charge in [0.05, 0.1) is 4.90 Å². The average Bonchev–Trinajstić information content (AvgIpc) is 3.52. The summed E-state index contributed by atoms with van der Waals surface area (Å²) in [5.41, 5.74) is 1.36. The first-order chi connectivity index (χ1) is 19.3. The molecule has 13 heteroatoms. The highest BCUT2D eigenvalue weighted by atomic mass is 32.2. The third-order valence-electron chi connectivity index (χ3n) is 7.79. The summed E-state index contributed by atoms with van der Waals surface area (Å²) >= 11 is 1.30. The van der Waals surface area contributed by atoms with E-state index in [0.717, 1.165) is 5.56 Å². The Kier molecular flexibility index (Phi) is 7.64. The molecular formula is C28H32N4O7S2. The summed E-state index contributed by atoms with van der Waals surface area (Å²) in [7, 11) is -3.95. The topological polar surface area (TPSA) is 153 Å². The number of hydrogen-bond donors (Lipinski definition) is 3. The summed E-state index contributed by atoms with van der Waals surface area (Å²) in [4.78, 5) is 53.3. The van der Waals surface area contributed by atoms with Crippen LogP contribution in [0.4, 0.5) is 0 Å². The number of hydrogen-bond acceptors (Lipinski definition) is 7. The molecule has 3 saturated heterocycles. The predicted molar refractivity (Wildman–Crippen MR) is 151 cm³/mol. The maximum atomic E-state index is 13.6. The van der Waals surface area contributed by atoms with Crippen molar-refractivity contribution in [3.05, 3.63) is 65.7 Å². The van der Waals surface area contributed by atoms with Gasteiger partial charge in [0.25, 0.3) is 0 Å². The number of nitrogens with one attached hydrogen (secondary N) is 2. The van der Waals surface area contributed by atoms with E-state index in [1.807, 2.05) is 6.92 Å². The van der Waals surface area contributed by atoms with Gasteiger partial charge in [-0.25, -0.2) is 13.2 Å². The number of nitrogens with zero attached hydrogens (tertiary/aromatic N) is 2. The lowest BCUT2D eigenvalue weighted by molar-refractivity contribution is -0.161. The molecule has 41 heavy (non-hydrogen) atoms. The van der Waals surface area contributed by atoms with E-state index in [-0.39, 0.29) is 11.4 Å². The van der Waals surface area contributed by atoms with Gasteiger partial charge in [0.2, 0.25) is 27.7 Å². The first-order valence-electron chi connectivity index (χ1n) is 13.3. The quantitative estimate of drug-likeness (QED) is 0.387. The van der Waals surface area contributed by atoms with Gasteiger partial charge in [-0.15, -0.1) is 11.8 Å². The van der Waals surface area contributed by atoms with Crippen molar-refractivity contribution in [3.63, 3.8) is 0 Å². The Balaban J connectivity index is 1.35. The zero-order chi connectivity index (χ0) is 29.7. The standard InChI is InChI=1S/C28H32N4O7S2/c1-16-11-13-18(14-12-16)41(38,39)31-15-7-10-19(31)23(33)29-20(17-8-5-4-6-9-17)24(34)30-21-25(35)32-22(27(36)37)28(2,3)40-26(21)32/h4-6,8-9,11-14,19-22,26H,7,10,15H2,1-3H3,(H,29,33)(H,30,34)(H,36,37)/t19?,20?,21?,22-,26+/m0/s1. The maximum absolute atomic E-state index is 13.6. The van der Waals surface area contributed by atoms with Crippen LogP contribution in [0.5, 0.6) is 0 Å². The molecule has 11 nitrogen and oxygen atoms in total. The number of carboxylic acids is 1. The van der Waals surface area contributed by atoms with Crippen molar-refractivity contribution in [2.75, 3.05) is 6.54 Å². The molecule has 3 amide bonds. The molecule has 0 saturated carbocycles. The summed E-state index contributed by atoms with van der Waals surface area (Å²) in [6.07, 6.45) is 0.776. The first-order valence-corrected chi connectivity index (χ1v) is 15.6. The number of amides is 3. The second kappa shape index (κ2) is 10.8. The molecule has 0 radical (unpaired) electrons. The summed E-state index contributed by atoms with van der Waals surface area (Å²) in [6, 6.07) is 10.7. The Morgan fingerprint density at radius 3 is 2.37 bits per heavy atom. The van der Waals surface area contributed by atoms with E-state index in [0.29, 0.717) is 18.4 Å². The highest BCUT2D eigenvalue weighted by Gasteiger charge is 2.64. The van der Waals surface area contributed by atoms with Crippen molar-refractivity contribution in [2.24, 2.45) is 0 Å². The van der Waals surface area contributed by atoms with Gasteiger partial charge in [0.15, 0.2) is 0 Å². The van der Waals surface area contributed by atoms with Crippen molar-refractivity contribution in [1.29, 1.82) is 0 Å². The van der Waals surface area contributed by atoms with Crippen LogP contribution in [0, 0.1) is 6.92 Å². The number of sulfonamides is 1. The average molecular weight is 601 g/mol. The molecule has 3 N–H and O–H groups in total. The fourth-order valence-corrected chi connectivity index (χ4v) is 8.98.